The number of likely N-dealkylation sites (tertiary alicyclic amines) is 1. The van der Waals surface area contributed by atoms with Crippen LogP contribution in [-0.2, 0) is 14.6 Å². The van der Waals surface area contributed by atoms with Gasteiger partial charge in [0, 0.05) is 78.9 Å². The second-order valence-corrected chi connectivity index (χ2v) is 14.3. The molecule has 41 heavy (non-hydrogen) atoms. The molecule has 2 saturated heterocycles. The molecule has 3 aromatic rings. The zero-order chi connectivity index (χ0) is 28.6. The number of nitrogens with one attached hydrogen (secondary N) is 2. The van der Waals surface area contributed by atoms with Gasteiger partial charge in [-0.15, -0.1) is 0 Å². The van der Waals surface area contributed by atoms with Gasteiger partial charge in [-0.1, -0.05) is 6.07 Å². The maximum Gasteiger partial charge on any atom is 0.225 e. The van der Waals surface area contributed by atoms with Crippen LogP contribution in [0.2, 0.25) is 0 Å². The number of hydrogen-bond donors (Lipinski definition) is 3. The van der Waals surface area contributed by atoms with Crippen LogP contribution in [0.25, 0.3) is 22.2 Å². The first-order valence-electron chi connectivity index (χ1n) is 14.9. The SMILES string of the molecule is CS(=O)(=O)C1CCN(c2cccc3[nH]cc(-c4ccnc(NC5CCC(C(=O)N6CCC(O)CC6)CC5)n4)c23)CC1. The third-order valence-corrected chi connectivity index (χ3v) is 10.9. The number of fused-ring (bicyclic) bond motifs is 1. The predicted molar refractivity (Wildman–Crippen MR) is 161 cm³/mol. The number of aliphatic hydroxyl groups excluding tert-OH is 1. The zero-order valence-electron chi connectivity index (χ0n) is 23.6. The topological polar surface area (TPSA) is 132 Å². The fourth-order valence-corrected chi connectivity index (χ4v) is 7.81. The summed E-state index contributed by atoms with van der Waals surface area (Å²) in [6.45, 7) is 2.71. The lowest BCUT2D eigenvalue weighted by Crippen LogP contribution is -2.44. The summed E-state index contributed by atoms with van der Waals surface area (Å²) in [6, 6.07) is 8.33. The summed E-state index contributed by atoms with van der Waals surface area (Å²) in [7, 11) is -3.03. The number of anilines is 2. The monoisotopic (exact) mass is 580 g/mol. The van der Waals surface area contributed by atoms with Crippen molar-refractivity contribution in [3.8, 4) is 11.3 Å². The molecule has 220 valence electrons. The van der Waals surface area contributed by atoms with E-state index in [4.69, 9.17) is 4.98 Å². The Balaban J connectivity index is 1.13. The van der Waals surface area contributed by atoms with Crippen LogP contribution in [-0.4, -0.2) is 89.1 Å². The second kappa shape index (κ2) is 11.6. The lowest BCUT2D eigenvalue weighted by molar-refractivity contribution is -0.138. The van der Waals surface area contributed by atoms with Gasteiger partial charge in [-0.2, -0.15) is 0 Å². The van der Waals surface area contributed by atoms with Gasteiger partial charge >= 0.3 is 0 Å². The Bertz CT molecular complexity index is 1480. The van der Waals surface area contributed by atoms with E-state index in [0.29, 0.717) is 57.8 Å². The van der Waals surface area contributed by atoms with Crippen molar-refractivity contribution < 1.29 is 18.3 Å². The minimum Gasteiger partial charge on any atom is -0.393 e. The number of piperidine rings is 2. The number of nitrogens with zero attached hydrogens (tertiary/aromatic N) is 4. The number of aliphatic hydroxyl groups is 1. The quantitative estimate of drug-likeness (QED) is 0.403. The van der Waals surface area contributed by atoms with Crippen LogP contribution in [0.1, 0.15) is 51.4 Å². The number of carbonyl (C=O) groups is 1. The fraction of sp³-hybridized carbons (Fsp3) is 0.567. The Morgan fingerprint density at radius 3 is 2.44 bits per heavy atom. The fourth-order valence-electron chi connectivity index (χ4n) is 6.75. The Morgan fingerprint density at radius 2 is 1.73 bits per heavy atom. The summed E-state index contributed by atoms with van der Waals surface area (Å²) in [4.78, 5) is 30.0. The van der Waals surface area contributed by atoms with Gasteiger partial charge in [-0.25, -0.2) is 18.4 Å². The highest BCUT2D eigenvalue weighted by molar-refractivity contribution is 7.91. The van der Waals surface area contributed by atoms with Crippen molar-refractivity contribution in [2.24, 2.45) is 5.92 Å². The molecule has 3 fully saturated rings. The summed E-state index contributed by atoms with van der Waals surface area (Å²) < 4.78 is 24.1. The molecule has 3 N–H and O–H groups in total. The molecule has 0 spiro atoms. The number of aromatic amines is 1. The van der Waals surface area contributed by atoms with Gasteiger partial charge in [0.05, 0.1) is 17.0 Å². The first-order valence-corrected chi connectivity index (χ1v) is 16.8. The maximum atomic E-state index is 13.0. The van der Waals surface area contributed by atoms with Crippen molar-refractivity contribution >= 4 is 38.3 Å². The second-order valence-electron chi connectivity index (χ2n) is 11.9. The zero-order valence-corrected chi connectivity index (χ0v) is 24.4. The van der Waals surface area contributed by atoms with Gasteiger partial charge in [0.25, 0.3) is 0 Å². The summed E-state index contributed by atoms with van der Waals surface area (Å²) in [5.41, 5.74) is 3.92. The number of carbonyl (C=O) groups excluding carboxylic acids is 1. The van der Waals surface area contributed by atoms with Crippen molar-refractivity contribution in [1.82, 2.24) is 19.9 Å². The van der Waals surface area contributed by atoms with Gasteiger partial charge in [-0.3, -0.25) is 4.79 Å². The molecule has 1 aromatic carbocycles. The Morgan fingerprint density at radius 1 is 1.00 bits per heavy atom. The van der Waals surface area contributed by atoms with E-state index in [1.807, 2.05) is 23.2 Å². The summed E-state index contributed by atoms with van der Waals surface area (Å²) in [5.74, 6) is 0.884. The van der Waals surface area contributed by atoms with Crippen molar-refractivity contribution in [2.45, 2.75) is 68.8 Å². The standard InChI is InChI=1S/C30H40N6O4S/c1-41(39,40)23-12-17-35(18-13-23)27-4-2-3-26-28(27)24(19-32-26)25-9-14-31-30(34-25)33-21-7-5-20(6-8-21)29(38)36-15-10-22(37)11-16-36/h2-4,9,14,19-23,32,37H,5-8,10-13,15-18H2,1H3,(H,31,33,34). The molecule has 11 heteroatoms. The summed E-state index contributed by atoms with van der Waals surface area (Å²) >= 11 is 0. The first kappa shape index (κ1) is 28.0. The third-order valence-electron chi connectivity index (χ3n) is 9.19. The molecule has 1 aliphatic carbocycles. The van der Waals surface area contributed by atoms with Gasteiger partial charge in [0.1, 0.15) is 9.84 Å². The number of amides is 1. The average molecular weight is 581 g/mol. The van der Waals surface area contributed by atoms with Crippen LogP contribution < -0.4 is 10.2 Å². The highest BCUT2D eigenvalue weighted by Crippen LogP contribution is 2.37. The third kappa shape index (κ3) is 6.06. The smallest absolute Gasteiger partial charge is 0.225 e. The van der Waals surface area contributed by atoms with Crippen molar-refractivity contribution in [1.29, 1.82) is 0 Å². The Kier molecular flexibility index (Phi) is 7.91. The van der Waals surface area contributed by atoms with E-state index in [1.54, 1.807) is 6.20 Å². The van der Waals surface area contributed by atoms with Crippen molar-refractivity contribution in [3.63, 3.8) is 0 Å². The molecule has 10 nitrogen and oxygen atoms in total. The maximum absolute atomic E-state index is 13.0. The lowest BCUT2D eigenvalue weighted by atomic mass is 9.85. The van der Waals surface area contributed by atoms with Crippen LogP contribution in [0.5, 0.6) is 0 Å². The van der Waals surface area contributed by atoms with Gasteiger partial charge in [0.2, 0.25) is 11.9 Å². The molecule has 2 aromatic heterocycles. The van der Waals surface area contributed by atoms with Crippen LogP contribution in [0.4, 0.5) is 11.6 Å². The first-order chi connectivity index (χ1) is 19.8. The largest absolute Gasteiger partial charge is 0.393 e. The number of sulfone groups is 1. The van der Waals surface area contributed by atoms with E-state index < -0.39 is 9.84 Å². The molecule has 1 saturated carbocycles. The molecular weight excluding hydrogens is 540 g/mol. The molecular formula is C30H40N6O4S. The summed E-state index contributed by atoms with van der Waals surface area (Å²) in [5, 5.41) is 14.1. The van der Waals surface area contributed by atoms with Crippen LogP contribution in [0, 0.1) is 5.92 Å². The molecule has 2 aliphatic heterocycles. The van der Waals surface area contributed by atoms with E-state index in [0.717, 1.165) is 53.5 Å². The van der Waals surface area contributed by atoms with E-state index in [1.165, 1.54) is 6.26 Å². The molecule has 3 aliphatic rings. The Hall–Kier alpha value is -3.18. The lowest BCUT2D eigenvalue weighted by Gasteiger charge is -2.35. The van der Waals surface area contributed by atoms with Crippen molar-refractivity contribution in [3.05, 3.63) is 36.7 Å². The minimum absolute atomic E-state index is 0.0580. The minimum atomic E-state index is -3.03. The normalized spacial score (nSPS) is 23.2. The number of hydrogen-bond acceptors (Lipinski definition) is 8. The molecule has 4 heterocycles. The predicted octanol–water partition coefficient (Wildman–Crippen LogP) is 3.59. The van der Waals surface area contributed by atoms with Crippen LogP contribution in [0.15, 0.2) is 36.7 Å². The van der Waals surface area contributed by atoms with E-state index in [2.05, 4.69) is 32.3 Å². The van der Waals surface area contributed by atoms with Gasteiger partial charge < -0.3 is 25.2 Å². The molecule has 6 rings (SSSR count). The van der Waals surface area contributed by atoms with Crippen LogP contribution >= 0.6 is 0 Å². The highest BCUT2D eigenvalue weighted by Gasteiger charge is 2.32. The van der Waals surface area contributed by atoms with Gasteiger partial charge in [-0.05, 0) is 69.6 Å². The number of aromatic nitrogens is 3. The van der Waals surface area contributed by atoms with Gasteiger partial charge in [0.15, 0.2) is 0 Å². The number of benzene rings is 1. The number of H-pyrrole nitrogens is 1. The molecule has 0 radical (unpaired) electrons. The van der Waals surface area contributed by atoms with Crippen LogP contribution in [0.3, 0.4) is 0 Å². The van der Waals surface area contributed by atoms with E-state index >= 15 is 0 Å². The highest BCUT2D eigenvalue weighted by atomic mass is 32.2. The number of rotatable bonds is 6. The molecule has 0 unspecified atom stereocenters. The van der Waals surface area contributed by atoms with E-state index in [-0.39, 0.29) is 29.2 Å². The molecule has 1 amide bonds. The summed E-state index contributed by atoms with van der Waals surface area (Å²) in [6.07, 6.45) is 10.9. The van der Waals surface area contributed by atoms with Crippen molar-refractivity contribution in [2.75, 3.05) is 42.7 Å². The van der Waals surface area contributed by atoms with E-state index in [9.17, 15) is 18.3 Å². The Labute approximate surface area is 241 Å². The molecule has 0 atom stereocenters. The molecule has 0 bridgehead atoms. The average Bonchev–Trinajstić information content (AvgIpc) is 3.42.